The Labute approximate surface area is 97.7 Å². The van der Waals surface area contributed by atoms with Crippen LogP contribution in [-0.4, -0.2) is 37.9 Å². The lowest BCUT2D eigenvalue weighted by atomic mass is 9.94. The minimum atomic E-state index is -0.129. The Balaban J connectivity index is 2.29. The summed E-state index contributed by atoms with van der Waals surface area (Å²) >= 11 is 0. The smallest absolute Gasteiger partial charge is 0.309 e. The molecule has 1 heterocycles. The van der Waals surface area contributed by atoms with Crippen LogP contribution in [0.15, 0.2) is 0 Å². The summed E-state index contributed by atoms with van der Waals surface area (Å²) in [5.74, 6) is -0.228. The Bertz CT molecular complexity index is 224. The molecule has 2 unspecified atom stereocenters. The van der Waals surface area contributed by atoms with Crippen molar-refractivity contribution >= 4 is 5.97 Å². The van der Waals surface area contributed by atoms with E-state index in [4.69, 9.17) is 9.47 Å². The van der Waals surface area contributed by atoms with E-state index < -0.39 is 0 Å². The second-order valence-electron chi connectivity index (χ2n) is 4.75. The van der Waals surface area contributed by atoms with Gasteiger partial charge < -0.3 is 14.8 Å². The van der Waals surface area contributed by atoms with Gasteiger partial charge in [0.2, 0.25) is 0 Å². The van der Waals surface area contributed by atoms with Gasteiger partial charge in [0.1, 0.15) is 0 Å². The molecule has 1 fully saturated rings. The number of hydrogen-bond donors (Lipinski definition) is 1. The lowest BCUT2D eigenvalue weighted by Crippen LogP contribution is -2.51. The minimum Gasteiger partial charge on any atom is -0.466 e. The normalized spacial score (nSPS) is 27.4. The van der Waals surface area contributed by atoms with Crippen molar-refractivity contribution in [3.8, 4) is 0 Å². The molecule has 0 bridgehead atoms. The number of nitrogens with one attached hydrogen (secondary N) is 1. The highest BCUT2D eigenvalue weighted by Crippen LogP contribution is 2.18. The predicted molar refractivity (Wildman–Crippen MR) is 62.3 cm³/mol. The van der Waals surface area contributed by atoms with Crippen molar-refractivity contribution in [2.45, 2.75) is 39.2 Å². The third kappa shape index (κ3) is 4.10. The highest BCUT2D eigenvalue weighted by Gasteiger charge is 2.28. The van der Waals surface area contributed by atoms with Crippen LogP contribution in [0.25, 0.3) is 0 Å². The maximum Gasteiger partial charge on any atom is 0.309 e. The molecule has 0 aliphatic carbocycles. The predicted octanol–water partition coefficient (Wildman–Crippen LogP) is 1.34. The Kier molecular flexibility index (Phi) is 5.22. The Morgan fingerprint density at radius 2 is 2.38 bits per heavy atom. The van der Waals surface area contributed by atoms with E-state index in [0.29, 0.717) is 13.2 Å². The van der Waals surface area contributed by atoms with Gasteiger partial charge in [0.05, 0.1) is 19.1 Å². The van der Waals surface area contributed by atoms with Crippen LogP contribution in [0.4, 0.5) is 0 Å². The summed E-state index contributed by atoms with van der Waals surface area (Å²) in [4.78, 5) is 11.4. The number of esters is 1. The van der Waals surface area contributed by atoms with Gasteiger partial charge in [0.15, 0.2) is 0 Å². The molecule has 1 saturated heterocycles. The summed E-state index contributed by atoms with van der Waals surface area (Å²) < 4.78 is 10.4. The number of hydrogen-bond acceptors (Lipinski definition) is 4. The molecule has 0 aromatic rings. The van der Waals surface area contributed by atoms with E-state index >= 15 is 0 Å². The third-order valence-corrected chi connectivity index (χ3v) is 2.96. The molecule has 1 rings (SSSR count). The summed E-state index contributed by atoms with van der Waals surface area (Å²) in [6.45, 7) is 8.53. The SMILES string of the molecule is CCOC(=O)C(C)CNC1(C)CCCOC1. The highest BCUT2D eigenvalue weighted by atomic mass is 16.5. The quantitative estimate of drug-likeness (QED) is 0.723. The van der Waals surface area contributed by atoms with E-state index in [0.717, 1.165) is 26.1 Å². The molecule has 1 aliphatic rings. The van der Waals surface area contributed by atoms with Crippen molar-refractivity contribution in [2.75, 3.05) is 26.4 Å². The lowest BCUT2D eigenvalue weighted by Gasteiger charge is -2.35. The van der Waals surface area contributed by atoms with Crippen LogP contribution < -0.4 is 5.32 Å². The Hall–Kier alpha value is -0.610. The van der Waals surface area contributed by atoms with Crippen LogP contribution in [0, 0.1) is 5.92 Å². The van der Waals surface area contributed by atoms with E-state index in [1.165, 1.54) is 0 Å². The fourth-order valence-electron chi connectivity index (χ4n) is 1.84. The Morgan fingerprint density at radius 1 is 1.62 bits per heavy atom. The summed E-state index contributed by atoms with van der Waals surface area (Å²) in [5, 5.41) is 3.41. The summed E-state index contributed by atoms with van der Waals surface area (Å²) in [5.41, 5.74) is 0.0129. The molecule has 0 aromatic heterocycles. The van der Waals surface area contributed by atoms with E-state index in [9.17, 15) is 4.79 Å². The van der Waals surface area contributed by atoms with Crippen molar-refractivity contribution in [2.24, 2.45) is 5.92 Å². The monoisotopic (exact) mass is 229 g/mol. The molecule has 0 saturated carbocycles. The van der Waals surface area contributed by atoms with E-state index in [1.807, 2.05) is 13.8 Å². The Morgan fingerprint density at radius 3 is 2.94 bits per heavy atom. The lowest BCUT2D eigenvalue weighted by molar-refractivity contribution is -0.147. The molecule has 0 amide bonds. The number of ether oxygens (including phenoxy) is 2. The van der Waals surface area contributed by atoms with Crippen molar-refractivity contribution in [1.29, 1.82) is 0 Å². The van der Waals surface area contributed by atoms with E-state index in [1.54, 1.807) is 0 Å². The van der Waals surface area contributed by atoms with Crippen LogP contribution in [0.2, 0.25) is 0 Å². The van der Waals surface area contributed by atoms with E-state index in [2.05, 4.69) is 12.2 Å². The van der Waals surface area contributed by atoms with Crippen molar-refractivity contribution in [1.82, 2.24) is 5.32 Å². The van der Waals surface area contributed by atoms with Crippen molar-refractivity contribution < 1.29 is 14.3 Å². The fourth-order valence-corrected chi connectivity index (χ4v) is 1.84. The molecule has 1 N–H and O–H groups in total. The van der Waals surface area contributed by atoms with Crippen LogP contribution in [0.1, 0.15) is 33.6 Å². The van der Waals surface area contributed by atoms with Crippen molar-refractivity contribution in [3.63, 3.8) is 0 Å². The largest absolute Gasteiger partial charge is 0.466 e. The summed E-state index contributed by atoms with van der Waals surface area (Å²) in [6, 6.07) is 0. The third-order valence-electron chi connectivity index (χ3n) is 2.96. The molecule has 0 aromatic carbocycles. The zero-order valence-electron chi connectivity index (χ0n) is 10.5. The average Bonchev–Trinajstić information content (AvgIpc) is 2.27. The zero-order chi connectivity index (χ0) is 12.0. The molecular formula is C12H23NO3. The first kappa shape index (κ1) is 13.5. The number of carbonyl (C=O) groups excluding carboxylic acids is 1. The zero-order valence-corrected chi connectivity index (χ0v) is 10.5. The van der Waals surface area contributed by atoms with Gasteiger partial charge >= 0.3 is 5.97 Å². The second-order valence-corrected chi connectivity index (χ2v) is 4.75. The molecular weight excluding hydrogens is 206 g/mol. The van der Waals surface area contributed by atoms with Crippen LogP contribution >= 0.6 is 0 Å². The molecule has 0 spiro atoms. The van der Waals surface area contributed by atoms with Gasteiger partial charge in [0, 0.05) is 18.7 Å². The number of rotatable bonds is 5. The maximum atomic E-state index is 11.4. The molecule has 1 aliphatic heterocycles. The summed E-state index contributed by atoms with van der Waals surface area (Å²) in [7, 11) is 0. The van der Waals surface area contributed by atoms with E-state index in [-0.39, 0.29) is 17.4 Å². The molecule has 16 heavy (non-hydrogen) atoms. The highest BCUT2D eigenvalue weighted by molar-refractivity contribution is 5.72. The molecule has 94 valence electrons. The molecule has 4 nitrogen and oxygen atoms in total. The number of carbonyl (C=O) groups is 1. The van der Waals surface area contributed by atoms with Gasteiger partial charge in [-0.3, -0.25) is 4.79 Å². The van der Waals surface area contributed by atoms with Gasteiger partial charge in [-0.05, 0) is 26.7 Å². The molecule has 4 heteroatoms. The first-order chi connectivity index (χ1) is 7.57. The van der Waals surface area contributed by atoms with Gasteiger partial charge in [-0.15, -0.1) is 0 Å². The standard InChI is InChI=1S/C12H23NO3/c1-4-16-11(14)10(2)8-13-12(3)6-5-7-15-9-12/h10,13H,4-9H2,1-3H3. The van der Waals surface area contributed by atoms with Gasteiger partial charge in [-0.2, -0.15) is 0 Å². The van der Waals surface area contributed by atoms with Gasteiger partial charge in [0.25, 0.3) is 0 Å². The minimum absolute atomic E-state index is 0.0129. The maximum absolute atomic E-state index is 11.4. The molecule has 0 radical (unpaired) electrons. The molecule has 2 atom stereocenters. The second kappa shape index (κ2) is 6.21. The first-order valence-corrected chi connectivity index (χ1v) is 6.07. The average molecular weight is 229 g/mol. The van der Waals surface area contributed by atoms with Gasteiger partial charge in [-0.1, -0.05) is 6.92 Å². The van der Waals surface area contributed by atoms with Crippen LogP contribution in [0.3, 0.4) is 0 Å². The van der Waals surface area contributed by atoms with Crippen molar-refractivity contribution in [3.05, 3.63) is 0 Å². The topological polar surface area (TPSA) is 47.6 Å². The fraction of sp³-hybridized carbons (Fsp3) is 0.917. The summed E-state index contributed by atoms with van der Waals surface area (Å²) in [6.07, 6.45) is 2.18. The van der Waals surface area contributed by atoms with Crippen LogP contribution in [-0.2, 0) is 14.3 Å². The first-order valence-electron chi connectivity index (χ1n) is 6.07. The van der Waals surface area contributed by atoms with Crippen LogP contribution in [0.5, 0.6) is 0 Å². The van der Waals surface area contributed by atoms with Gasteiger partial charge in [-0.25, -0.2) is 0 Å².